The molecule has 1 heterocycles. The Hall–Kier alpha value is -2.04. The number of nitrogens with two attached hydrogens (primary N) is 1. The highest BCUT2D eigenvalue weighted by Crippen LogP contribution is 2.57. The maximum Gasteiger partial charge on any atom is 0.225 e. The fourth-order valence-corrected chi connectivity index (χ4v) is 6.32. The van der Waals surface area contributed by atoms with Gasteiger partial charge in [0, 0.05) is 30.3 Å². The van der Waals surface area contributed by atoms with Gasteiger partial charge in [-0.3, -0.25) is 9.59 Å². The monoisotopic (exact) mass is 398 g/mol. The van der Waals surface area contributed by atoms with Crippen molar-refractivity contribution in [1.29, 1.82) is 0 Å². The van der Waals surface area contributed by atoms with E-state index in [9.17, 15) is 14.7 Å². The van der Waals surface area contributed by atoms with E-state index in [2.05, 4.69) is 31.7 Å². The molecule has 1 saturated carbocycles. The number of phenolic OH excluding ortho intramolecular Hbond substituents is 1. The summed E-state index contributed by atoms with van der Waals surface area (Å²) in [5.74, 6) is 0.760. The van der Waals surface area contributed by atoms with Gasteiger partial charge in [0.2, 0.25) is 11.8 Å². The van der Waals surface area contributed by atoms with E-state index in [0.29, 0.717) is 24.5 Å². The minimum Gasteiger partial charge on any atom is -0.508 e. The molecule has 0 aromatic heterocycles. The third-order valence-corrected chi connectivity index (χ3v) is 8.60. The average molecular weight is 399 g/mol. The first kappa shape index (κ1) is 20.2. The third kappa shape index (κ3) is 3.13. The SMILES string of the molecule is CC1(C)[C@H]2Cc3c(O)cccc3[C@]1(C)CCN2C(=O)C1CCC(CC(N)=O)CC1. The zero-order valence-electron chi connectivity index (χ0n) is 17.9. The van der Waals surface area contributed by atoms with E-state index < -0.39 is 0 Å². The number of aromatic hydroxyl groups is 1. The number of primary amides is 1. The lowest BCUT2D eigenvalue weighted by molar-refractivity contribution is -0.149. The van der Waals surface area contributed by atoms with Crippen molar-refractivity contribution in [2.45, 2.75) is 77.2 Å². The number of hydrogen-bond donors (Lipinski definition) is 2. The van der Waals surface area contributed by atoms with Gasteiger partial charge in [0.1, 0.15) is 5.75 Å². The Labute approximate surface area is 173 Å². The molecule has 2 bridgehead atoms. The highest BCUT2D eigenvalue weighted by atomic mass is 16.3. The average Bonchev–Trinajstić information content (AvgIpc) is 2.65. The second kappa shape index (κ2) is 7.03. The molecule has 2 amide bonds. The molecule has 5 nitrogen and oxygen atoms in total. The molecule has 3 N–H and O–H groups in total. The van der Waals surface area contributed by atoms with E-state index in [4.69, 9.17) is 5.73 Å². The topological polar surface area (TPSA) is 83.6 Å². The van der Waals surface area contributed by atoms with Crippen LogP contribution in [0.25, 0.3) is 0 Å². The Balaban J connectivity index is 1.56. The van der Waals surface area contributed by atoms with E-state index in [1.54, 1.807) is 6.07 Å². The second-order valence-corrected chi connectivity index (χ2v) is 10.2. The lowest BCUT2D eigenvalue weighted by atomic mass is 9.51. The second-order valence-electron chi connectivity index (χ2n) is 10.2. The minimum absolute atomic E-state index is 0.0463. The van der Waals surface area contributed by atoms with Gasteiger partial charge in [0.25, 0.3) is 0 Å². The minimum atomic E-state index is -0.238. The molecular weight excluding hydrogens is 364 g/mol. The Bertz CT molecular complexity index is 825. The zero-order chi connectivity index (χ0) is 21.0. The molecule has 29 heavy (non-hydrogen) atoms. The Morgan fingerprint density at radius 1 is 1.17 bits per heavy atom. The summed E-state index contributed by atoms with van der Waals surface area (Å²) in [6, 6.07) is 5.96. The van der Waals surface area contributed by atoms with Gasteiger partial charge in [-0.1, -0.05) is 32.9 Å². The van der Waals surface area contributed by atoms with Crippen molar-refractivity contribution in [3.8, 4) is 5.75 Å². The number of fused-ring (bicyclic) bond motifs is 4. The Kier molecular flexibility index (Phi) is 4.91. The summed E-state index contributed by atoms with van der Waals surface area (Å²) in [7, 11) is 0. The standard InChI is InChI=1S/C24H34N2O3/c1-23(2)20-14-17-18(5-4-6-19(17)27)24(23,3)11-12-26(20)22(29)16-9-7-15(8-10-16)13-21(25)28/h4-6,15-16,20,27H,7-14H2,1-3H3,(H2,25,28)/t15?,16?,20-,24+/m1/s1. The fraction of sp³-hybridized carbons (Fsp3) is 0.667. The van der Waals surface area contributed by atoms with Crippen molar-refractivity contribution in [3.63, 3.8) is 0 Å². The number of phenols is 1. The lowest BCUT2D eigenvalue weighted by Gasteiger charge is -2.61. The molecule has 2 aliphatic carbocycles. The highest BCUT2D eigenvalue weighted by Gasteiger charge is 2.57. The number of benzene rings is 1. The van der Waals surface area contributed by atoms with E-state index in [1.807, 2.05) is 6.07 Å². The molecule has 0 radical (unpaired) electrons. The van der Waals surface area contributed by atoms with Gasteiger partial charge in [0.05, 0.1) is 0 Å². The molecule has 1 aromatic carbocycles. The van der Waals surface area contributed by atoms with Crippen LogP contribution < -0.4 is 5.73 Å². The van der Waals surface area contributed by atoms with Crippen LogP contribution in [0.1, 0.15) is 70.4 Å². The van der Waals surface area contributed by atoms with Crippen molar-refractivity contribution in [1.82, 2.24) is 4.90 Å². The molecule has 1 saturated heterocycles. The molecule has 3 aliphatic rings. The van der Waals surface area contributed by atoms with Gasteiger partial charge >= 0.3 is 0 Å². The van der Waals surface area contributed by atoms with Crippen LogP contribution in [0, 0.1) is 17.3 Å². The van der Waals surface area contributed by atoms with Crippen molar-refractivity contribution in [3.05, 3.63) is 29.3 Å². The number of carbonyl (C=O) groups is 2. The smallest absolute Gasteiger partial charge is 0.225 e. The summed E-state index contributed by atoms with van der Waals surface area (Å²) in [5.41, 5.74) is 7.49. The fourth-order valence-electron chi connectivity index (χ4n) is 6.32. The van der Waals surface area contributed by atoms with Crippen molar-refractivity contribution in [2.75, 3.05) is 6.54 Å². The van der Waals surface area contributed by atoms with Crippen LogP contribution in [0.4, 0.5) is 0 Å². The first-order valence-corrected chi connectivity index (χ1v) is 11.1. The molecule has 4 rings (SSSR count). The largest absolute Gasteiger partial charge is 0.508 e. The molecule has 0 spiro atoms. The summed E-state index contributed by atoms with van der Waals surface area (Å²) >= 11 is 0. The van der Waals surface area contributed by atoms with Gasteiger partial charge in [-0.15, -0.1) is 0 Å². The molecule has 2 fully saturated rings. The number of nitrogens with zero attached hydrogens (tertiary/aromatic N) is 1. The van der Waals surface area contributed by atoms with Crippen LogP contribution in [-0.2, 0) is 21.4 Å². The quantitative estimate of drug-likeness (QED) is 0.817. The van der Waals surface area contributed by atoms with E-state index in [0.717, 1.165) is 44.2 Å². The van der Waals surface area contributed by atoms with Gasteiger partial charge < -0.3 is 15.7 Å². The van der Waals surface area contributed by atoms with Crippen LogP contribution in [0.2, 0.25) is 0 Å². The normalized spacial score (nSPS) is 33.1. The lowest BCUT2D eigenvalue weighted by Crippen LogP contribution is -2.65. The number of amides is 2. The Morgan fingerprint density at radius 3 is 2.52 bits per heavy atom. The molecular formula is C24H34N2O3. The molecule has 5 heteroatoms. The maximum atomic E-state index is 13.5. The van der Waals surface area contributed by atoms with E-state index in [1.165, 1.54) is 5.56 Å². The summed E-state index contributed by atoms with van der Waals surface area (Å²) in [4.78, 5) is 26.9. The summed E-state index contributed by atoms with van der Waals surface area (Å²) < 4.78 is 0. The van der Waals surface area contributed by atoms with Gasteiger partial charge in [0.15, 0.2) is 0 Å². The van der Waals surface area contributed by atoms with Crippen LogP contribution in [0.15, 0.2) is 18.2 Å². The zero-order valence-corrected chi connectivity index (χ0v) is 17.9. The van der Waals surface area contributed by atoms with Crippen LogP contribution in [0.3, 0.4) is 0 Å². The summed E-state index contributed by atoms with van der Waals surface area (Å²) in [6.45, 7) is 7.65. The van der Waals surface area contributed by atoms with Gasteiger partial charge in [-0.25, -0.2) is 0 Å². The van der Waals surface area contributed by atoms with E-state index in [-0.39, 0.29) is 34.6 Å². The predicted octanol–water partition coefficient (Wildman–Crippen LogP) is 3.51. The number of piperidine rings is 1. The first-order valence-electron chi connectivity index (χ1n) is 11.1. The van der Waals surface area contributed by atoms with Crippen molar-refractivity contribution < 1.29 is 14.7 Å². The Morgan fingerprint density at radius 2 is 1.86 bits per heavy atom. The molecule has 2 atom stereocenters. The van der Waals surface area contributed by atoms with E-state index >= 15 is 0 Å². The highest BCUT2D eigenvalue weighted by molar-refractivity contribution is 5.80. The molecule has 1 aromatic rings. The molecule has 0 unspecified atom stereocenters. The van der Waals surface area contributed by atoms with Gasteiger partial charge in [-0.2, -0.15) is 0 Å². The van der Waals surface area contributed by atoms with Crippen LogP contribution >= 0.6 is 0 Å². The molecule has 1 aliphatic heterocycles. The molecule has 158 valence electrons. The summed E-state index contributed by atoms with van der Waals surface area (Å²) in [6.07, 6.45) is 5.57. The number of likely N-dealkylation sites (tertiary alicyclic amines) is 1. The summed E-state index contributed by atoms with van der Waals surface area (Å²) in [5, 5.41) is 10.5. The van der Waals surface area contributed by atoms with Crippen LogP contribution in [-0.4, -0.2) is 34.4 Å². The van der Waals surface area contributed by atoms with Gasteiger partial charge in [-0.05, 0) is 67.1 Å². The maximum absolute atomic E-state index is 13.5. The predicted molar refractivity (Wildman–Crippen MR) is 112 cm³/mol. The van der Waals surface area contributed by atoms with Crippen molar-refractivity contribution in [2.24, 2.45) is 23.0 Å². The number of carbonyl (C=O) groups excluding carboxylic acids is 2. The number of hydrogen-bond acceptors (Lipinski definition) is 3. The van der Waals surface area contributed by atoms with Crippen LogP contribution in [0.5, 0.6) is 5.75 Å². The first-order chi connectivity index (χ1) is 13.6. The number of rotatable bonds is 3. The van der Waals surface area contributed by atoms with Crippen molar-refractivity contribution >= 4 is 11.8 Å². The third-order valence-electron chi connectivity index (χ3n) is 8.60.